The number of benzene rings is 2. The summed E-state index contributed by atoms with van der Waals surface area (Å²) in [5, 5.41) is 4.24. The predicted octanol–water partition coefficient (Wildman–Crippen LogP) is 4.74. The van der Waals surface area contributed by atoms with Gasteiger partial charge in [0.15, 0.2) is 0 Å². The van der Waals surface area contributed by atoms with Gasteiger partial charge in [0.1, 0.15) is 5.82 Å². The summed E-state index contributed by atoms with van der Waals surface area (Å²) in [5.74, 6) is 0.894. The van der Waals surface area contributed by atoms with E-state index in [1.54, 1.807) is 16.4 Å². The second-order valence-corrected chi connectivity index (χ2v) is 10.4. The summed E-state index contributed by atoms with van der Waals surface area (Å²) in [5.41, 5.74) is 2.82. The van der Waals surface area contributed by atoms with Crippen molar-refractivity contribution in [1.82, 2.24) is 19.2 Å². The van der Waals surface area contributed by atoms with Crippen molar-refractivity contribution in [2.24, 2.45) is 0 Å². The van der Waals surface area contributed by atoms with E-state index in [1.165, 1.54) is 0 Å². The second-order valence-electron chi connectivity index (χ2n) is 8.04. The molecule has 1 aromatic heterocycles. The van der Waals surface area contributed by atoms with E-state index in [9.17, 15) is 8.42 Å². The lowest BCUT2D eigenvalue weighted by molar-refractivity contribution is 0.346. The van der Waals surface area contributed by atoms with Crippen molar-refractivity contribution in [3.05, 3.63) is 58.9 Å². The zero-order chi connectivity index (χ0) is 22.0. The molecule has 31 heavy (non-hydrogen) atoms. The minimum absolute atomic E-state index is 0.137. The number of rotatable bonds is 7. The topological polar surface area (TPSA) is 67.2 Å². The molecular weight excluding hydrogens is 432 g/mol. The number of hydrogen-bond acceptors (Lipinski definition) is 4. The average molecular weight is 461 g/mol. The minimum atomic E-state index is -3.47. The van der Waals surface area contributed by atoms with Crippen molar-refractivity contribution in [2.45, 2.75) is 57.1 Å². The van der Waals surface area contributed by atoms with Crippen LogP contribution in [-0.4, -0.2) is 35.4 Å². The summed E-state index contributed by atoms with van der Waals surface area (Å²) in [6.45, 7) is 6.72. The standard InChI is InChI=1S/C23H29ClN4O2S/c1-3-28-22-12-11-20(31(29,30)27-13-5-4-6-14-27)15-21(22)26-23(28)16-25-17(2)18-7-9-19(24)10-8-18/h7-12,15,17,25H,3-6,13-14,16H2,1-2H3/t17-/m1/s1. The van der Waals surface area contributed by atoms with Gasteiger partial charge in [0, 0.05) is 30.7 Å². The summed E-state index contributed by atoms with van der Waals surface area (Å²) in [6, 6.07) is 13.3. The fourth-order valence-corrected chi connectivity index (χ4v) is 5.84. The van der Waals surface area contributed by atoms with Crippen LogP contribution in [0.25, 0.3) is 11.0 Å². The number of aromatic nitrogens is 2. The highest BCUT2D eigenvalue weighted by Crippen LogP contribution is 2.25. The lowest BCUT2D eigenvalue weighted by Crippen LogP contribution is -2.35. The number of halogens is 1. The van der Waals surface area contributed by atoms with Gasteiger partial charge in [0.2, 0.25) is 10.0 Å². The van der Waals surface area contributed by atoms with Gasteiger partial charge >= 0.3 is 0 Å². The first-order chi connectivity index (χ1) is 14.9. The lowest BCUT2D eigenvalue weighted by atomic mass is 10.1. The van der Waals surface area contributed by atoms with Gasteiger partial charge in [-0.2, -0.15) is 4.31 Å². The quantitative estimate of drug-likeness (QED) is 0.553. The van der Waals surface area contributed by atoms with Crippen LogP contribution in [0.2, 0.25) is 5.02 Å². The molecule has 1 atom stereocenters. The van der Waals surface area contributed by atoms with Gasteiger partial charge in [-0.3, -0.25) is 0 Å². The van der Waals surface area contributed by atoms with E-state index in [0.29, 0.717) is 24.5 Å². The van der Waals surface area contributed by atoms with Crippen molar-refractivity contribution < 1.29 is 8.42 Å². The van der Waals surface area contributed by atoms with Crippen LogP contribution in [0.1, 0.15) is 50.5 Å². The number of fused-ring (bicyclic) bond motifs is 1. The van der Waals surface area contributed by atoms with E-state index in [2.05, 4.69) is 23.7 Å². The Morgan fingerprint density at radius 3 is 2.48 bits per heavy atom. The number of nitrogens with zero attached hydrogens (tertiary/aromatic N) is 3. The minimum Gasteiger partial charge on any atom is -0.327 e. The predicted molar refractivity (Wildman–Crippen MR) is 125 cm³/mol. The molecule has 1 aliphatic rings. The molecule has 8 heteroatoms. The normalized spacial score (nSPS) is 16.6. The van der Waals surface area contributed by atoms with Crippen molar-refractivity contribution in [2.75, 3.05) is 13.1 Å². The Labute approximate surface area is 189 Å². The molecule has 3 aromatic rings. The van der Waals surface area contributed by atoms with Gasteiger partial charge in [0.05, 0.1) is 22.5 Å². The van der Waals surface area contributed by atoms with Gasteiger partial charge in [0.25, 0.3) is 0 Å². The van der Waals surface area contributed by atoms with Crippen LogP contribution < -0.4 is 5.32 Å². The molecule has 1 N–H and O–H groups in total. The Hall–Kier alpha value is -1.93. The second kappa shape index (κ2) is 9.28. The molecule has 0 saturated carbocycles. The molecule has 0 radical (unpaired) electrons. The van der Waals surface area contributed by atoms with Crippen LogP contribution in [0.3, 0.4) is 0 Å². The Morgan fingerprint density at radius 2 is 1.81 bits per heavy atom. The van der Waals surface area contributed by atoms with Crippen LogP contribution in [0, 0.1) is 0 Å². The van der Waals surface area contributed by atoms with Gasteiger partial charge in [-0.1, -0.05) is 30.2 Å². The summed E-state index contributed by atoms with van der Waals surface area (Å²) in [7, 11) is -3.47. The van der Waals surface area contributed by atoms with Crippen molar-refractivity contribution in [3.63, 3.8) is 0 Å². The molecule has 2 aromatic carbocycles. The lowest BCUT2D eigenvalue weighted by Gasteiger charge is -2.25. The molecule has 0 aliphatic carbocycles. The maximum absolute atomic E-state index is 13.1. The monoisotopic (exact) mass is 460 g/mol. The first-order valence-electron chi connectivity index (χ1n) is 10.9. The van der Waals surface area contributed by atoms with Gasteiger partial charge in [-0.05, 0) is 62.6 Å². The van der Waals surface area contributed by atoms with E-state index >= 15 is 0 Å². The molecule has 1 fully saturated rings. The number of piperidine rings is 1. The number of imidazole rings is 1. The highest BCUT2D eigenvalue weighted by atomic mass is 35.5. The third kappa shape index (κ3) is 4.65. The largest absolute Gasteiger partial charge is 0.327 e. The molecule has 0 amide bonds. The zero-order valence-electron chi connectivity index (χ0n) is 18.0. The number of hydrogen-bond donors (Lipinski definition) is 1. The molecule has 0 bridgehead atoms. The Balaban J connectivity index is 1.57. The number of aryl methyl sites for hydroxylation is 1. The molecule has 6 nitrogen and oxygen atoms in total. The molecule has 4 rings (SSSR count). The average Bonchev–Trinajstić information content (AvgIpc) is 3.15. The van der Waals surface area contributed by atoms with E-state index in [1.807, 2.05) is 30.3 Å². The molecular formula is C23H29ClN4O2S. The van der Waals surface area contributed by atoms with Crippen LogP contribution in [0.4, 0.5) is 0 Å². The van der Waals surface area contributed by atoms with Crippen LogP contribution in [0.5, 0.6) is 0 Å². The Bertz CT molecular complexity index is 1150. The number of sulfonamides is 1. The maximum atomic E-state index is 13.1. The van der Waals surface area contributed by atoms with Gasteiger partial charge < -0.3 is 9.88 Å². The van der Waals surface area contributed by atoms with Gasteiger partial charge in [-0.25, -0.2) is 13.4 Å². The van der Waals surface area contributed by atoms with Crippen molar-refractivity contribution in [3.8, 4) is 0 Å². The summed E-state index contributed by atoms with van der Waals surface area (Å²) in [4.78, 5) is 5.11. The van der Waals surface area contributed by atoms with E-state index in [4.69, 9.17) is 16.6 Å². The highest BCUT2D eigenvalue weighted by Gasteiger charge is 2.26. The Kier molecular flexibility index (Phi) is 6.67. The highest BCUT2D eigenvalue weighted by molar-refractivity contribution is 7.89. The summed E-state index contributed by atoms with van der Waals surface area (Å²) < 4.78 is 29.9. The van der Waals surface area contributed by atoms with E-state index in [0.717, 1.165) is 53.3 Å². The van der Waals surface area contributed by atoms with E-state index in [-0.39, 0.29) is 6.04 Å². The smallest absolute Gasteiger partial charge is 0.243 e. The molecule has 0 unspecified atom stereocenters. The molecule has 1 saturated heterocycles. The zero-order valence-corrected chi connectivity index (χ0v) is 19.6. The fourth-order valence-electron chi connectivity index (χ4n) is 4.18. The third-order valence-corrected chi connectivity index (χ3v) is 8.15. The first-order valence-corrected chi connectivity index (χ1v) is 12.7. The van der Waals surface area contributed by atoms with Crippen molar-refractivity contribution in [1.29, 1.82) is 0 Å². The number of nitrogens with one attached hydrogen (secondary N) is 1. The SMILES string of the molecule is CCn1c(CN[C@H](C)c2ccc(Cl)cc2)nc2cc(S(=O)(=O)N3CCCCC3)ccc21. The van der Waals surface area contributed by atoms with Gasteiger partial charge in [-0.15, -0.1) is 0 Å². The molecule has 166 valence electrons. The first kappa shape index (κ1) is 22.3. The summed E-state index contributed by atoms with van der Waals surface area (Å²) >= 11 is 5.99. The molecule has 1 aliphatic heterocycles. The molecule has 0 spiro atoms. The van der Waals surface area contributed by atoms with Crippen LogP contribution >= 0.6 is 11.6 Å². The van der Waals surface area contributed by atoms with Crippen LogP contribution in [0.15, 0.2) is 47.4 Å². The molecule has 2 heterocycles. The van der Waals surface area contributed by atoms with Crippen molar-refractivity contribution >= 4 is 32.7 Å². The fraction of sp³-hybridized carbons (Fsp3) is 0.435. The maximum Gasteiger partial charge on any atom is 0.243 e. The van der Waals surface area contributed by atoms with Crippen LogP contribution in [-0.2, 0) is 23.1 Å². The third-order valence-electron chi connectivity index (χ3n) is 6.00. The van der Waals surface area contributed by atoms with E-state index < -0.39 is 10.0 Å². The Morgan fingerprint density at radius 1 is 1.10 bits per heavy atom. The summed E-state index contributed by atoms with van der Waals surface area (Å²) in [6.07, 6.45) is 2.94.